The lowest BCUT2D eigenvalue weighted by molar-refractivity contribution is -0.220. The fourth-order valence-electron chi connectivity index (χ4n) is 2.93. The van der Waals surface area contributed by atoms with Crippen LogP contribution < -0.4 is 0 Å². The Hall–Kier alpha value is -2.75. The number of hydrogen-bond donors (Lipinski definition) is 1. The molecule has 2 aromatic carbocycles. The molecule has 30 heavy (non-hydrogen) atoms. The maximum atomic E-state index is 12.5. The number of aliphatic hydroxyl groups is 1. The summed E-state index contributed by atoms with van der Waals surface area (Å²) < 4.78 is 20.8. The van der Waals surface area contributed by atoms with E-state index in [2.05, 4.69) is 20.7 Å². The van der Waals surface area contributed by atoms with E-state index in [1.54, 1.807) is 60.7 Å². The molecule has 1 N–H and O–H groups in total. The Morgan fingerprint density at radius 3 is 2.07 bits per heavy atom. The topological polar surface area (TPSA) is 108 Å². The quantitative estimate of drug-likeness (QED) is 0.381. The van der Waals surface area contributed by atoms with Gasteiger partial charge in [-0.1, -0.05) is 52.3 Å². The monoisotopic (exact) mass is 478 g/mol. The lowest BCUT2D eigenvalue weighted by atomic mass is 10.1. The molecule has 2 aromatic rings. The van der Waals surface area contributed by atoms with Gasteiger partial charge in [-0.2, -0.15) is 0 Å². The maximum absolute atomic E-state index is 12.5. The van der Waals surface area contributed by atoms with E-state index in [4.69, 9.17) is 14.2 Å². The second-order valence-corrected chi connectivity index (χ2v) is 7.43. The van der Waals surface area contributed by atoms with Crippen molar-refractivity contribution in [2.24, 2.45) is 0 Å². The summed E-state index contributed by atoms with van der Waals surface area (Å²) in [6, 6.07) is 16.4. The van der Waals surface area contributed by atoms with Crippen molar-refractivity contribution < 1.29 is 38.4 Å². The number of methoxy groups -OCH3 is 1. The van der Waals surface area contributed by atoms with Crippen LogP contribution in [-0.2, 0) is 23.7 Å². The number of benzene rings is 2. The summed E-state index contributed by atoms with van der Waals surface area (Å²) in [5.41, 5.74) is 0.581. The van der Waals surface area contributed by atoms with Gasteiger partial charge < -0.3 is 24.1 Å². The average Bonchev–Trinajstić information content (AvgIpc) is 3.03. The van der Waals surface area contributed by atoms with E-state index in [1.165, 1.54) is 0 Å². The van der Waals surface area contributed by atoms with Crippen LogP contribution in [0.2, 0.25) is 0 Å². The Morgan fingerprint density at radius 2 is 1.53 bits per heavy atom. The smallest absolute Gasteiger partial charge is 0.367 e. The van der Waals surface area contributed by atoms with Crippen molar-refractivity contribution in [3.05, 3.63) is 71.8 Å². The fraction of sp³-hybridized carbons (Fsp3) is 0.286. The van der Waals surface area contributed by atoms with Gasteiger partial charge in [-0.25, -0.2) is 14.4 Å². The Morgan fingerprint density at radius 1 is 1.00 bits per heavy atom. The molecule has 0 aliphatic carbocycles. The average molecular weight is 479 g/mol. The lowest BCUT2D eigenvalue weighted by Gasteiger charge is -2.23. The first-order chi connectivity index (χ1) is 14.4. The Bertz CT molecular complexity index is 904. The Kier molecular flexibility index (Phi) is 6.86. The van der Waals surface area contributed by atoms with Gasteiger partial charge in [0.05, 0.1) is 18.2 Å². The van der Waals surface area contributed by atoms with E-state index in [-0.39, 0.29) is 12.2 Å². The highest BCUT2D eigenvalue weighted by atomic mass is 79.9. The number of carbonyl (C=O) groups is 3. The highest BCUT2D eigenvalue weighted by molar-refractivity contribution is 9.09. The molecule has 3 rings (SSSR count). The van der Waals surface area contributed by atoms with Crippen molar-refractivity contribution in [2.45, 2.75) is 22.8 Å². The number of ether oxygens (including phenoxy) is 4. The third-order valence-corrected chi connectivity index (χ3v) is 5.62. The van der Waals surface area contributed by atoms with Crippen LogP contribution in [0, 0.1) is 0 Å². The molecule has 0 radical (unpaired) electrons. The molecule has 1 saturated heterocycles. The highest BCUT2D eigenvalue weighted by Crippen LogP contribution is 2.38. The largest absolute Gasteiger partial charge is 0.465 e. The molecule has 0 bridgehead atoms. The predicted octanol–water partition coefficient (Wildman–Crippen LogP) is 2.09. The lowest BCUT2D eigenvalue weighted by Crippen LogP contribution is -2.48. The zero-order valence-corrected chi connectivity index (χ0v) is 17.5. The molecule has 1 heterocycles. The standard InChI is InChI=1S/C21H19BrO8/c1-27-20(25)21(26)17(22)16(29-19(24)14-10-6-3-7-11-14)15(30-21)12-28-18(23)13-8-4-2-5-9-13/h2-11,15-17,26H,12H2,1H3/t15-,16-,17-,21+/m1/s1. The number of halogens is 1. The maximum Gasteiger partial charge on any atom is 0.367 e. The zero-order valence-electron chi connectivity index (χ0n) is 15.9. The number of esters is 3. The van der Waals surface area contributed by atoms with Crippen molar-refractivity contribution >= 4 is 33.8 Å². The molecule has 0 aromatic heterocycles. The summed E-state index contributed by atoms with van der Waals surface area (Å²) in [5.74, 6) is -4.84. The van der Waals surface area contributed by atoms with Gasteiger partial charge in [0.1, 0.15) is 17.5 Å². The summed E-state index contributed by atoms with van der Waals surface area (Å²) in [5, 5.41) is 10.7. The van der Waals surface area contributed by atoms with Crippen molar-refractivity contribution in [3.63, 3.8) is 0 Å². The van der Waals surface area contributed by atoms with Gasteiger partial charge in [-0.05, 0) is 24.3 Å². The van der Waals surface area contributed by atoms with E-state index in [1.807, 2.05) is 0 Å². The molecule has 9 heteroatoms. The second-order valence-electron chi connectivity index (χ2n) is 6.45. The summed E-state index contributed by atoms with van der Waals surface area (Å²) in [7, 11) is 1.08. The SMILES string of the molecule is COC(=O)[C@@]1(O)O[C@H](COC(=O)c2ccccc2)[C@@H](OC(=O)c2ccccc2)[C@H]1Br. The first-order valence-corrected chi connectivity index (χ1v) is 9.89. The van der Waals surface area contributed by atoms with Gasteiger partial charge >= 0.3 is 17.9 Å². The van der Waals surface area contributed by atoms with Crippen LogP contribution in [0.5, 0.6) is 0 Å². The van der Waals surface area contributed by atoms with Crippen molar-refractivity contribution in [1.29, 1.82) is 0 Å². The van der Waals surface area contributed by atoms with E-state index in [0.29, 0.717) is 5.56 Å². The molecule has 1 fully saturated rings. The summed E-state index contributed by atoms with van der Waals surface area (Å²) in [6.07, 6.45) is -2.27. The molecule has 158 valence electrons. The summed E-state index contributed by atoms with van der Waals surface area (Å²) in [4.78, 5) is 35.6. The molecule has 8 nitrogen and oxygen atoms in total. The number of carbonyl (C=O) groups excluding carboxylic acids is 3. The van der Waals surface area contributed by atoms with Crippen molar-refractivity contribution in [3.8, 4) is 0 Å². The van der Waals surface area contributed by atoms with Crippen molar-refractivity contribution in [1.82, 2.24) is 0 Å². The molecule has 1 aliphatic rings. The minimum atomic E-state index is -2.43. The fourth-order valence-corrected chi connectivity index (χ4v) is 3.67. The van der Waals surface area contributed by atoms with E-state index in [9.17, 15) is 19.5 Å². The first-order valence-electron chi connectivity index (χ1n) is 8.97. The molecule has 0 saturated carbocycles. The van der Waals surface area contributed by atoms with Gasteiger partial charge in [0.25, 0.3) is 5.79 Å². The normalized spacial score (nSPS) is 25.4. The minimum absolute atomic E-state index is 0.269. The van der Waals surface area contributed by atoms with E-state index < -0.39 is 40.7 Å². The van der Waals surface area contributed by atoms with Crippen LogP contribution in [-0.4, -0.2) is 59.6 Å². The molecular formula is C21H19BrO8. The summed E-state index contributed by atoms with van der Waals surface area (Å²) in [6.45, 7) is -0.373. The van der Waals surface area contributed by atoms with Gasteiger partial charge in [0.2, 0.25) is 0 Å². The van der Waals surface area contributed by atoms with Crippen LogP contribution in [0.25, 0.3) is 0 Å². The first kappa shape index (κ1) is 21.9. The number of hydrogen-bond acceptors (Lipinski definition) is 8. The second kappa shape index (κ2) is 9.38. The molecule has 0 amide bonds. The van der Waals surface area contributed by atoms with Crippen LogP contribution in [0.4, 0.5) is 0 Å². The predicted molar refractivity (Wildman–Crippen MR) is 107 cm³/mol. The van der Waals surface area contributed by atoms with E-state index >= 15 is 0 Å². The zero-order chi connectivity index (χ0) is 21.7. The molecule has 4 atom stereocenters. The minimum Gasteiger partial charge on any atom is -0.465 e. The van der Waals surface area contributed by atoms with Gasteiger partial charge in [0.15, 0.2) is 6.10 Å². The van der Waals surface area contributed by atoms with Crippen LogP contribution in [0.1, 0.15) is 20.7 Å². The van der Waals surface area contributed by atoms with Crippen LogP contribution >= 0.6 is 15.9 Å². The van der Waals surface area contributed by atoms with Crippen molar-refractivity contribution in [2.75, 3.05) is 13.7 Å². The molecule has 0 spiro atoms. The third-order valence-electron chi connectivity index (χ3n) is 4.48. The number of alkyl halides is 1. The summed E-state index contributed by atoms with van der Waals surface area (Å²) >= 11 is 3.17. The Balaban J connectivity index is 1.77. The van der Waals surface area contributed by atoms with Gasteiger partial charge in [0, 0.05) is 0 Å². The highest BCUT2D eigenvalue weighted by Gasteiger charge is 2.61. The Labute approximate surface area is 180 Å². The molecule has 1 aliphatic heterocycles. The third kappa shape index (κ3) is 4.53. The van der Waals surface area contributed by atoms with Crippen LogP contribution in [0.3, 0.4) is 0 Å². The molecular weight excluding hydrogens is 460 g/mol. The van der Waals surface area contributed by atoms with E-state index in [0.717, 1.165) is 7.11 Å². The molecule has 0 unspecified atom stereocenters. The van der Waals surface area contributed by atoms with Crippen LogP contribution in [0.15, 0.2) is 60.7 Å². The number of rotatable bonds is 6. The van der Waals surface area contributed by atoms with Gasteiger partial charge in [-0.3, -0.25) is 0 Å². The van der Waals surface area contributed by atoms with Gasteiger partial charge in [-0.15, -0.1) is 0 Å².